The van der Waals surface area contributed by atoms with E-state index in [0.717, 1.165) is 23.8 Å². The van der Waals surface area contributed by atoms with E-state index >= 15 is 0 Å². The normalized spacial score (nSPS) is 17.0. The molecule has 1 aliphatic heterocycles. The van der Waals surface area contributed by atoms with Crippen molar-refractivity contribution in [2.24, 2.45) is 0 Å². The highest BCUT2D eigenvalue weighted by Crippen LogP contribution is 2.33. The van der Waals surface area contributed by atoms with Crippen LogP contribution < -0.4 is 10.1 Å². The third-order valence-corrected chi connectivity index (χ3v) is 4.24. The van der Waals surface area contributed by atoms with Gasteiger partial charge in [-0.2, -0.15) is 0 Å². The summed E-state index contributed by atoms with van der Waals surface area (Å²) in [5.41, 5.74) is 1.29. The van der Waals surface area contributed by atoms with Gasteiger partial charge in [0.05, 0.1) is 16.8 Å². The number of halogens is 3. The minimum absolute atomic E-state index is 0.127. The predicted molar refractivity (Wildman–Crippen MR) is 81.8 cm³/mol. The van der Waals surface area contributed by atoms with Gasteiger partial charge in [0.25, 0.3) is 0 Å². The van der Waals surface area contributed by atoms with Crippen LogP contribution in [0, 0.1) is 11.6 Å². The zero-order valence-corrected chi connectivity index (χ0v) is 12.8. The fourth-order valence-electron chi connectivity index (χ4n) is 2.52. The van der Waals surface area contributed by atoms with Crippen LogP contribution in [0.25, 0.3) is 0 Å². The number of hydrogen-bond acceptors (Lipinski definition) is 2. The number of rotatable bonds is 3. The summed E-state index contributed by atoms with van der Waals surface area (Å²) in [6, 6.07) is 10.1. The smallest absolute Gasteiger partial charge is 0.147 e. The second kappa shape index (κ2) is 6.02. The van der Waals surface area contributed by atoms with Crippen molar-refractivity contribution in [1.82, 2.24) is 0 Å². The van der Waals surface area contributed by atoms with Crippen LogP contribution in [-0.2, 0) is 0 Å². The summed E-state index contributed by atoms with van der Waals surface area (Å²) >= 11 is 2.97. The van der Waals surface area contributed by atoms with E-state index < -0.39 is 11.6 Å². The van der Waals surface area contributed by atoms with Crippen LogP contribution in [0.3, 0.4) is 0 Å². The Bertz CT molecular complexity index is 663. The zero-order valence-electron chi connectivity index (χ0n) is 11.2. The van der Waals surface area contributed by atoms with Crippen molar-refractivity contribution in [2.45, 2.75) is 12.3 Å². The van der Waals surface area contributed by atoms with Crippen LogP contribution in [0.2, 0.25) is 0 Å². The Morgan fingerprint density at radius 1 is 1.19 bits per heavy atom. The van der Waals surface area contributed by atoms with Crippen LogP contribution in [0.4, 0.5) is 14.5 Å². The van der Waals surface area contributed by atoms with E-state index in [1.165, 1.54) is 6.07 Å². The van der Waals surface area contributed by atoms with Gasteiger partial charge >= 0.3 is 0 Å². The van der Waals surface area contributed by atoms with Crippen LogP contribution in [0.15, 0.2) is 40.9 Å². The number of benzene rings is 2. The molecule has 0 fully saturated rings. The molecule has 0 saturated carbocycles. The summed E-state index contributed by atoms with van der Waals surface area (Å²) in [4.78, 5) is 0. The van der Waals surface area contributed by atoms with Gasteiger partial charge in [-0.25, -0.2) is 8.78 Å². The number of anilines is 1. The molecule has 21 heavy (non-hydrogen) atoms. The second-order valence-electron chi connectivity index (χ2n) is 5.00. The SMILES string of the molecule is Fc1cc(NCC2CCOc3ccccc32)c(F)cc1Br. The number of ether oxygens (including phenoxy) is 1. The molecule has 0 spiro atoms. The molecule has 5 heteroatoms. The first kappa shape index (κ1) is 14.3. The molecule has 1 atom stereocenters. The molecular weight excluding hydrogens is 340 g/mol. The third kappa shape index (κ3) is 3.02. The maximum absolute atomic E-state index is 13.8. The average Bonchev–Trinajstić information content (AvgIpc) is 2.49. The first-order valence-corrected chi connectivity index (χ1v) is 7.54. The Morgan fingerprint density at radius 2 is 2.00 bits per heavy atom. The molecule has 1 aliphatic rings. The van der Waals surface area contributed by atoms with Crippen molar-refractivity contribution in [2.75, 3.05) is 18.5 Å². The maximum Gasteiger partial charge on any atom is 0.147 e. The molecule has 2 aromatic carbocycles. The van der Waals surface area contributed by atoms with E-state index in [1.54, 1.807) is 0 Å². The molecule has 0 saturated heterocycles. The number of hydrogen-bond donors (Lipinski definition) is 1. The van der Waals surface area contributed by atoms with Gasteiger partial charge in [0.15, 0.2) is 0 Å². The summed E-state index contributed by atoms with van der Waals surface area (Å²) in [6.45, 7) is 1.18. The van der Waals surface area contributed by atoms with Gasteiger partial charge in [-0.1, -0.05) is 18.2 Å². The Labute approximate surface area is 130 Å². The standard InChI is InChI=1S/C16H14BrF2NO/c17-12-7-14(19)15(8-13(12)18)20-9-10-5-6-21-16-4-2-1-3-11(10)16/h1-4,7-8,10,20H,5-6,9H2. The highest BCUT2D eigenvalue weighted by atomic mass is 79.9. The Kier molecular flexibility index (Phi) is 4.10. The summed E-state index contributed by atoms with van der Waals surface area (Å²) in [5, 5.41) is 3.00. The molecule has 0 aliphatic carbocycles. The number of fused-ring (bicyclic) bond motifs is 1. The molecule has 1 unspecified atom stereocenters. The van der Waals surface area contributed by atoms with Gasteiger partial charge in [0, 0.05) is 18.5 Å². The quantitative estimate of drug-likeness (QED) is 0.807. The number of nitrogens with one attached hydrogen (secondary N) is 1. The molecule has 2 aromatic rings. The van der Waals surface area contributed by atoms with E-state index in [9.17, 15) is 8.78 Å². The monoisotopic (exact) mass is 353 g/mol. The van der Waals surface area contributed by atoms with Gasteiger partial charge in [0.2, 0.25) is 0 Å². The van der Waals surface area contributed by atoms with E-state index in [4.69, 9.17) is 4.74 Å². The van der Waals surface area contributed by atoms with Gasteiger partial charge < -0.3 is 10.1 Å². The van der Waals surface area contributed by atoms with Crippen molar-refractivity contribution in [3.63, 3.8) is 0 Å². The predicted octanol–water partition coefficient (Wildman–Crippen LogP) is 4.71. The minimum Gasteiger partial charge on any atom is -0.493 e. The van der Waals surface area contributed by atoms with Gasteiger partial charge in [-0.15, -0.1) is 0 Å². The molecular formula is C16H14BrF2NO. The van der Waals surface area contributed by atoms with Gasteiger partial charge in [0.1, 0.15) is 17.4 Å². The van der Waals surface area contributed by atoms with Crippen molar-refractivity contribution in [3.05, 3.63) is 58.1 Å². The molecule has 0 aromatic heterocycles. The minimum atomic E-state index is -0.480. The fourth-order valence-corrected chi connectivity index (χ4v) is 2.83. The zero-order chi connectivity index (χ0) is 14.8. The van der Waals surface area contributed by atoms with Crippen LogP contribution >= 0.6 is 15.9 Å². The summed E-state index contributed by atoms with van der Waals surface area (Å²) in [6.07, 6.45) is 0.852. The van der Waals surface area contributed by atoms with Crippen LogP contribution in [0.1, 0.15) is 17.9 Å². The number of para-hydroxylation sites is 1. The van der Waals surface area contributed by atoms with Crippen LogP contribution in [-0.4, -0.2) is 13.2 Å². The first-order valence-electron chi connectivity index (χ1n) is 6.75. The Balaban J connectivity index is 1.76. The molecule has 3 rings (SSSR count). The van der Waals surface area contributed by atoms with E-state index in [2.05, 4.69) is 21.2 Å². The summed E-state index contributed by atoms with van der Waals surface area (Å²) in [5.74, 6) is 0.147. The summed E-state index contributed by atoms with van der Waals surface area (Å²) in [7, 11) is 0. The molecule has 1 N–H and O–H groups in total. The van der Waals surface area contributed by atoms with Crippen molar-refractivity contribution in [3.8, 4) is 5.75 Å². The fraction of sp³-hybridized carbons (Fsp3) is 0.250. The molecule has 0 radical (unpaired) electrons. The third-order valence-electron chi connectivity index (χ3n) is 3.63. The summed E-state index contributed by atoms with van der Waals surface area (Å²) < 4.78 is 33.0. The van der Waals surface area contributed by atoms with Gasteiger partial charge in [-0.05, 0) is 40.0 Å². The lowest BCUT2D eigenvalue weighted by molar-refractivity contribution is 0.270. The van der Waals surface area contributed by atoms with E-state index in [0.29, 0.717) is 13.2 Å². The van der Waals surface area contributed by atoms with Crippen LogP contribution in [0.5, 0.6) is 5.75 Å². The largest absolute Gasteiger partial charge is 0.493 e. The maximum atomic E-state index is 13.8. The lowest BCUT2D eigenvalue weighted by Crippen LogP contribution is -2.21. The molecule has 110 valence electrons. The lowest BCUT2D eigenvalue weighted by Gasteiger charge is -2.26. The highest BCUT2D eigenvalue weighted by molar-refractivity contribution is 9.10. The molecule has 0 bridgehead atoms. The molecule has 2 nitrogen and oxygen atoms in total. The second-order valence-corrected chi connectivity index (χ2v) is 5.85. The Morgan fingerprint density at radius 3 is 2.86 bits per heavy atom. The van der Waals surface area contributed by atoms with Crippen molar-refractivity contribution >= 4 is 21.6 Å². The molecule has 0 amide bonds. The Hall–Kier alpha value is -1.62. The molecule has 1 heterocycles. The first-order chi connectivity index (χ1) is 10.1. The average molecular weight is 354 g/mol. The van der Waals surface area contributed by atoms with Crippen molar-refractivity contribution < 1.29 is 13.5 Å². The van der Waals surface area contributed by atoms with Gasteiger partial charge in [-0.3, -0.25) is 0 Å². The van der Waals surface area contributed by atoms with E-state index in [-0.39, 0.29) is 16.1 Å². The topological polar surface area (TPSA) is 21.3 Å². The highest BCUT2D eigenvalue weighted by Gasteiger charge is 2.21. The van der Waals surface area contributed by atoms with Crippen molar-refractivity contribution in [1.29, 1.82) is 0 Å². The lowest BCUT2D eigenvalue weighted by atomic mass is 9.93. The van der Waals surface area contributed by atoms with E-state index in [1.807, 2.05) is 24.3 Å².